The van der Waals surface area contributed by atoms with E-state index in [-0.39, 0.29) is 5.91 Å². The fourth-order valence-electron chi connectivity index (χ4n) is 2.23. The van der Waals surface area contributed by atoms with E-state index in [4.69, 9.17) is 4.74 Å². The Hall–Kier alpha value is -1.66. The van der Waals surface area contributed by atoms with Gasteiger partial charge in [0, 0.05) is 44.6 Å². The Morgan fingerprint density at radius 1 is 1.38 bits per heavy atom. The van der Waals surface area contributed by atoms with Crippen molar-refractivity contribution in [2.45, 2.75) is 19.9 Å². The van der Waals surface area contributed by atoms with Crippen molar-refractivity contribution < 1.29 is 9.53 Å². The third-order valence-electron chi connectivity index (χ3n) is 3.27. The normalized spacial score (nSPS) is 16.0. The number of rotatable bonds is 6. The largest absolute Gasteiger partial charge is 0.382 e. The van der Waals surface area contributed by atoms with E-state index >= 15 is 0 Å². The van der Waals surface area contributed by atoms with E-state index in [1.165, 1.54) is 0 Å². The van der Waals surface area contributed by atoms with Crippen LogP contribution < -0.4 is 10.6 Å². The lowest BCUT2D eigenvalue weighted by molar-refractivity contribution is 0.0383. The van der Waals surface area contributed by atoms with Gasteiger partial charge in [-0.1, -0.05) is 0 Å². The molecular formula is C15H24N4O2. The average Bonchev–Trinajstić information content (AvgIpc) is 2.48. The van der Waals surface area contributed by atoms with Crippen molar-refractivity contribution in [1.82, 2.24) is 15.2 Å². The fraction of sp³-hybridized carbons (Fsp3) is 0.600. The number of pyridine rings is 1. The molecule has 1 saturated heterocycles. The van der Waals surface area contributed by atoms with E-state index in [1.807, 2.05) is 6.07 Å². The molecule has 0 unspecified atom stereocenters. The van der Waals surface area contributed by atoms with Crippen molar-refractivity contribution in [2.75, 3.05) is 44.7 Å². The maximum atomic E-state index is 12.1. The number of morpholine rings is 1. The van der Waals surface area contributed by atoms with Gasteiger partial charge >= 0.3 is 0 Å². The molecule has 1 amide bonds. The summed E-state index contributed by atoms with van der Waals surface area (Å²) in [6.45, 7) is 9.02. The maximum absolute atomic E-state index is 12.1. The molecule has 0 spiro atoms. The molecule has 1 aliphatic rings. The zero-order chi connectivity index (χ0) is 15.1. The van der Waals surface area contributed by atoms with Crippen LogP contribution in [0.5, 0.6) is 0 Å². The first-order valence-corrected chi connectivity index (χ1v) is 7.45. The van der Waals surface area contributed by atoms with Crippen molar-refractivity contribution in [3.63, 3.8) is 0 Å². The van der Waals surface area contributed by atoms with Crippen molar-refractivity contribution in [3.8, 4) is 0 Å². The van der Waals surface area contributed by atoms with Gasteiger partial charge in [-0.2, -0.15) is 0 Å². The van der Waals surface area contributed by atoms with Crippen molar-refractivity contribution in [3.05, 3.63) is 24.0 Å². The molecule has 0 bridgehead atoms. The number of carbonyl (C=O) groups is 1. The lowest BCUT2D eigenvalue weighted by atomic mass is 10.2. The minimum atomic E-state index is -0.0804. The summed E-state index contributed by atoms with van der Waals surface area (Å²) in [5, 5.41) is 6.18. The first-order valence-electron chi connectivity index (χ1n) is 7.45. The lowest BCUT2D eigenvalue weighted by Gasteiger charge is -2.26. The van der Waals surface area contributed by atoms with E-state index in [0.29, 0.717) is 18.2 Å². The highest BCUT2D eigenvalue weighted by atomic mass is 16.5. The predicted molar refractivity (Wildman–Crippen MR) is 82.6 cm³/mol. The molecule has 0 radical (unpaired) electrons. The molecule has 2 heterocycles. The van der Waals surface area contributed by atoms with Gasteiger partial charge in [-0.25, -0.2) is 0 Å². The van der Waals surface area contributed by atoms with Gasteiger partial charge in [0.15, 0.2) is 0 Å². The summed E-state index contributed by atoms with van der Waals surface area (Å²) in [5.74, 6) is -0.0804. The van der Waals surface area contributed by atoms with Gasteiger partial charge in [0.05, 0.1) is 24.5 Å². The monoisotopic (exact) mass is 292 g/mol. The zero-order valence-electron chi connectivity index (χ0n) is 12.8. The highest BCUT2D eigenvalue weighted by Crippen LogP contribution is 2.09. The third-order valence-corrected chi connectivity index (χ3v) is 3.27. The molecule has 0 atom stereocenters. The highest BCUT2D eigenvalue weighted by Gasteiger charge is 2.11. The van der Waals surface area contributed by atoms with Gasteiger partial charge in [0.2, 0.25) is 0 Å². The first-order chi connectivity index (χ1) is 10.1. The standard InChI is InChI=1S/C15H24N4O2/c1-12(2)18-14-9-13(10-16-11-14)15(20)17-3-4-19-5-7-21-8-6-19/h9-12,18H,3-8H2,1-2H3,(H,17,20). The topological polar surface area (TPSA) is 66.5 Å². The number of hydrogen-bond acceptors (Lipinski definition) is 5. The molecule has 116 valence electrons. The molecule has 1 aromatic rings. The Morgan fingerprint density at radius 2 is 2.14 bits per heavy atom. The molecule has 21 heavy (non-hydrogen) atoms. The highest BCUT2D eigenvalue weighted by molar-refractivity contribution is 5.94. The number of hydrogen-bond donors (Lipinski definition) is 2. The van der Waals surface area contributed by atoms with Gasteiger partial charge in [0.25, 0.3) is 5.91 Å². The summed E-state index contributed by atoms with van der Waals surface area (Å²) < 4.78 is 5.30. The Morgan fingerprint density at radius 3 is 2.86 bits per heavy atom. The third kappa shape index (κ3) is 5.32. The van der Waals surface area contributed by atoms with Crippen LogP contribution in [-0.2, 0) is 4.74 Å². The molecule has 0 aliphatic carbocycles. The summed E-state index contributed by atoms with van der Waals surface area (Å²) in [4.78, 5) is 18.5. The number of nitrogens with one attached hydrogen (secondary N) is 2. The van der Waals surface area contributed by atoms with Crippen molar-refractivity contribution in [1.29, 1.82) is 0 Å². The molecule has 2 rings (SSSR count). The SMILES string of the molecule is CC(C)Nc1cncc(C(=O)NCCN2CCOCC2)c1. The van der Waals surface area contributed by atoms with Crippen LogP contribution >= 0.6 is 0 Å². The van der Waals surface area contributed by atoms with Crippen LogP contribution in [0.25, 0.3) is 0 Å². The Balaban J connectivity index is 1.79. The van der Waals surface area contributed by atoms with Crippen LogP contribution in [-0.4, -0.2) is 61.2 Å². The quantitative estimate of drug-likeness (QED) is 0.817. The molecule has 0 aromatic carbocycles. The van der Waals surface area contributed by atoms with Crippen LogP contribution in [0.2, 0.25) is 0 Å². The summed E-state index contributed by atoms with van der Waals surface area (Å²) in [6.07, 6.45) is 3.32. The number of ether oxygens (including phenoxy) is 1. The lowest BCUT2D eigenvalue weighted by Crippen LogP contribution is -2.41. The van der Waals surface area contributed by atoms with E-state index in [1.54, 1.807) is 12.4 Å². The Kier molecular flexibility index (Phi) is 5.95. The van der Waals surface area contributed by atoms with Crippen LogP contribution in [0.4, 0.5) is 5.69 Å². The van der Waals surface area contributed by atoms with E-state index in [9.17, 15) is 4.79 Å². The molecular weight excluding hydrogens is 268 g/mol. The summed E-state index contributed by atoms with van der Waals surface area (Å²) >= 11 is 0. The number of nitrogens with zero attached hydrogens (tertiary/aromatic N) is 2. The van der Waals surface area contributed by atoms with E-state index < -0.39 is 0 Å². The van der Waals surface area contributed by atoms with Crippen LogP contribution in [0, 0.1) is 0 Å². The summed E-state index contributed by atoms with van der Waals surface area (Å²) in [6, 6.07) is 2.14. The van der Waals surface area contributed by atoms with E-state index in [0.717, 1.165) is 38.5 Å². The number of amides is 1. The predicted octanol–water partition coefficient (Wildman–Crippen LogP) is 0.964. The molecule has 6 heteroatoms. The van der Waals surface area contributed by atoms with Crippen LogP contribution in [0.15, 0.2) is 18.5 Å². The molecule has 1 fully saturated rings. The Labute approximate surface area is 125 Å². The van der Waals surface area contributed by atoms with Gasteiger partial charge in [-0.15, -0.1) is 0 Å². The zero-order valence-corrected chi connectivity index (χ0v) is 12.8. The number of anilines is 1. The molecule has 1 aromatic heterocycles. The van der Waals surface area contributed by atoms with Gasteiger partial charge in [-0.05, 0) is 19.9 Å². The summed E-state index contributed by atoms with van der Waals surface area (Å²) in [5.41, 5.74) is 1.45. The van der Waals surface area contributed by atoms with Crippen LogP contribution in [0.3, 0.4) is 0 Å². The van der Waals surface area contributed by atoms with Crippen LogP contribution in [0.1, 0.15) is 24.2 Å². The molecule has 6 nitrogen and oxygen atoms in total. The molecule has 1 aliphatic heterocycles. The fourth-order valence-corrected chi connectivity index (χ4v) is 2.23. The number of carbonyl (C=O) groups excluding carboxylic acids is 1. The van der Waals surface area contributed by atoms with Gasteiger partial charge in [-0.3, -0.25) is 14.7 Å². The second-order valence-corrected chi connectivity index (χ2v) is 5.47. The first kappa shape index (κ1) is 15.7. The Bertz CT molecular complexity index is 459. The smallest absolute Gasteiger partial charge is 0.252 e. The van der Waals surface area contributed by atoms with Gasteiger partial charge < -0.3 is 15.4 Å². The van der Waals surface area contributed by atoms with E-state index in [2.05, 4.69) is 34.4 Å². The number of aromatic nitrogens is 1. The average molecular weight is 292 g/mol. The van der Waals surface area contributed by atoms with Crippen molar-refractivity contribution >= 4 is 11.6 Å². The second-order valence-electron chi connectivity index (χ2n) is 5.47. The van der Waals surface area contributed by atoms with Gasteiger partial charge in [0.1, 0.15) is 0 Å². The summed E-state index contributed by atoms with van der Waals surface area (Å²) in [7, 11) is 0. The second kappa shape index (κ2) is 7.95. The maximum Gasteiger partial charge on any atom is 0.252 e. The minimum Gasteiger partial charge on any atom is -0.382 e. The minimum absolute atomic E-state index is 0.0804. The molecule has 0 saturated carbocycles. The van der Waals surface area contributed by atoms with Crippen molar-refractivity contribution in [2.24, 2.45) is 0 Å². The molecule has 2 N–H and O–H groups in total.